The summed E-state index contributed by atoms with van der Waals surface area (Å²) in [5.41, 5.74) is 0. The lowest BCUT2D eigenvalue weighted by Gasteiger charge is -2.16. The van der Waals surface area contributed by atoms with E-state index in [0.717, 1.165) is 0 Å². The molecule has 0 radical (unpaired) electrons. The monoisotopic (exact) mass is 298 g/mol. The fraction of sp³-hybridized carbons (Fsp3) is 0.733. The molecule has 6 heteroatoms. The molecule has 0 fully saturated rings. The van der Waals surface area contributed by atoms with Gasteiger partial charge in [0.1, 0.15) is 5.78 Å². The highest BCUT2D eigenvalue weighted by molar-refractivity contribution is 5.91. The fourth-order valence-electron chi connectivity index (χ4n) is 1.85. The second kappa shape index (κ2) is 10.1. The number of ketones is 2. The molecule has 0 heterocycles. The maximum absolute atomic E-state index is 12.1. The minimum Gasteiger partial charge on any atom is -0.354 e. The summed E-state index contributed by atoms with van der Waals surface area (Å²) in [5.74, 6) is -0.669. The van der Waals surface area contributed by atoms with E-state index in [9.17, 15) is 19.2 Å². The van der Waals surface area contributed by atoms with Gasteiger partial charge in [0.15, 0.2) is 5.78 Å². The zero-order valence-corrected chi connectivity index (χ0v) is 13.3. The molecule has 0 bridgehead atoms. The lowest BCUT2D eigenvalue weighted by Crippen LogP contribution is -2.40. The molecule has 6 nitrogen and oxygen atoms in total. The van der Waals surface area contributed by atoms with Crippen LogP contribution in [0.4, 0.5) is 0 Å². The van der Waals surface area contributed by atoms with Gasteiger partial charge in [-0.25, -0.2) is 0 Å². The van der Waals surface area contributed by atoms with E-state index >= 15 is 0 Å². The lowest BCUT2D eigenvalue weighted by atomic mass is 10.0. The average Bonchev–Trinajstić information content (AvgIpc) is 2.39. The number of amides is 2. The number of hydrogen-bond acceptors (Lipinski definition) is 4. The summed E-state index contributed by atoms with van der Waals surface area (Å²) in [5, 5.41) is 5.26. The van der Waals surface area contributed by atoms with E-state index in [-0.39, 0.29) is 55.1 Å². The molecule has 21 heavy (non-hydrogen) atoms. The number of nitrogens with one attached hydrogen (secondary N) is 2. The van der Waals surface area contributed by atoms with Gasteiger partial charge < -0.3 is 10.6 Å². The standard InChI is InChI=1S/C15H26N2O4/c1-5-12(19)6-7-13(17-11(4)18)14(20)8-9-15(21)16-10(2)3/h10,13H,5-9H2,1-4H3,(H,16,21)(H,17,18). The molecule has 2 amide bonds. The predicted molar refractivity (Wildman–Crippen MR) is 79.7 cm³/mol. The van der Waals surface area contributed by atoms with Gasteiger partial charge in [0, 0.05) is 38.6 Å². The molecule has 0 spiro atoms. The van der Waals surface area contributed by atoms with E-state index in [1.165, 1.54) is 6.92 Å². The molecule has 0 aliphatic heterocycles. The van der Waals surface area contributed by atoms with Gasteiger partial charge in [-0.3, -0.25) is 19.2 Å². The van der Waals surface area contributed by atoms with E-state index in [4.69, 9.17) is 0 Å². The summed E-state index contributed by atoms with van der Waals surface area (Å²) in [6.45, 7) is 6.77. The molecule has 0 aromatic rings. The zero-order valence-electron chi connectivity index (χ0n) is 13.3. The summed E-state index contributed by atoms with van der Waals surface area (Å²) in [6.07, 6.45) is 1.11. The molecule has 0 aromatic carbocycles. The number of Topliss-reactive ketones (excluding diaryl/α,β-unsaturated/α-hetero) is 2. The van der Waals surface area contributed by atoms with Crippen LogP contribution in [0.1, 0.15) is 59.8 Å². The first-order chi connectivity index (χ1) is 9.76. The molecular weight excluding hydrogens is 272 g/mol. The Bertz CT molecular complexity index is 391. The summed E-state index contributed by atoms with van der Waals surface area (Å²) in [6, 6.07) is -0.661. The van der Waals surface area contributed by atoms with Crippen LogP contribution in [0.25, 0.3) is 0 Å². The first-order valence-electron chi connectivity index (χ1n) is 7.37. The Labute approximate surface area is 126 Å². The van der Waals surface area contributed by atoms with Crippen LogP contribution in [-0.4, -0.2) is 35.5 Å². The van der Waals surface area contributed by atoms with Gasteiger partial charge in [0.2, 0.25) is 11.8 Å². The smallest absolute Gasteiger partial charge is 0.220 e. The maximum Gasteiger partial charge on any atom is 0.220 e. The van der Waals surface area contributed by atoms with Crippen molar-refractivity contribution >= 4 is 23.4 Å². The Hall–Kier alpha value is -1.72. The van der Waals surface area contributed by atoms with Gasteiger partial charge in [-0.05, 0) is 20.3 Å². The summed E-state index contributed by atoms with van der Waals surface area (Å²) in [7, 11) is 0. The maximum atomic E-state index is 12.1. The van der Waals surface area contributed by atoms with Crippen LogP contribution >= 0.6 is 0 Å². The first-order valence-corrected chi connectivity index (χ1v) is 7.37. The van der Waals surface area contributed by atoms with E-state index in [2.05, 4.69) is 10.6 Å². The summed E-state index contributed by atoms with van der Waals surface area (Å²) < 4.78 is 0. The topological polar surface area (TPSA) is 92.3 Å². The Kier molecular flexibility index (Phi) is 9.25. The van der Waals surface area contributed by atoms with Crippen molar-refractivity contribution in [3.8, 4) is 0 Å². The molecule has 1 unspecified atom stereocenters. The van der Waals surface area contributed by atoms with Crippen molar-refractivity contribution in [3.05, 3.63) is 0 Å². The average molecular weight is 298 g/mol. The van der Waals surface area contributed by atoms with Crippen molar-refractivity contribution in [1.82, 2.24) is 10.6 Å². The van der Waals surface area contributed by atoms with Crippen LogP contribution in [0.15, 0.2) is 0 Å². The third kappa shape index (κ3) is 9.76. The van der Waals surface area contributed by atoms with E-state index in [1.54, 1.807) is 6.92 Å². The van der Waals surface area contributed by atoms with Crippen molar-refractivity contribution < 1.29 is 19.2 Å². The van der Waals surface area contributed by atoms with Crippen LogP contribution in [0.2, 0.25) is 0 Å². The predicted octanol–water partition coefficient (Wildman–Crippen LogP) is 1.12. The van der Waals surface area contributed by atoms with Crippen molar-refractivity contribution in [1.29, 1.82) is 0 Å². The molecule has 0 aliphatic rings. The lowest BCUT2D eigenvalue weighted by molar-refractivity contribution is -0.129. The third-order valence-electron chi connectivity index (χ3n) is 2.92. The van der Waals surface area contributed by atoms with E-state index < -0.39 is 6.04 Å². The highest BCUT2D eigenvalue weighted by Crippen LogP contribution is 2.06. The van der Waals surface area contributed by atoms with E-state index in [1.807, 2.05) is 13.8 Å². The summed E-state index contributed by atoms with van der Waals surface area (Å²) >= 11 is 0. The molecular formula is C15H26N2O4. The molecule has 120 valence electrons. The molecule has 0 aromatic heterocycles. The van der Waals surface area contributed by atoms with Gasteiger partial charge in [-0.1, -0.05) is 6.92 Å². The number of carbonyl (C=O) groups is 4. The van der Waals surface area contributed by atoms with Gasteiger partial charge in [0.05, 0.1) is 6.04 Å². The molecule has 0 rings (SSSR count). The Morgan fingerprint density at radius 2 is 1.57 bits per heavy atom. The molecule has 1 atom stereocenters. The Balaban J connectivity index is 4.40. The van der Waals surface area contributed by atoms with Crippen molar-refractivity contribution in [3.63, 3.8) is 0 Å². The number of rotatable bonds is 10. The van der Waals surface area contributed by atoms with Crippen molar-refractivity contribution in [2.45, 2.75) is 71.9 Å². The minimum atomic E-state index is -0.690. The SMILES string of the molecule is CCC(=O)CCC(NC(C)=O)C(=O)CCC(=O)NC(C)C. The molecule has 0 aliphatic carbocycles. The second-order valence-electron chi connectivity index (χ2n) is 5.37. The molecule has 0 saturated carbocycles. The van der Waals surface area contributed by atoms with Crippen molar-refractivity contribution in [2.75, 3.05) is 0 Å². The van der Waals surface area contributed by atoms with Gasteiger partial charge in [-0.15, -0.1) is 0 Å². The highest BCUT2D eigenvalue weighted by Gasteiger charge is 2.20. The summed E-state index contributed by atoms with van der Waals surface area (Å²) in [4.78, 5) is 46.0. The highest BCUT2D eigenvalue weighted by atomic mass is 16.2. The second-order valence-corrected chi connectivity index (χ2v) is 5.37. The number of carbonyl (C=O) groups excluding carboxylic acids is 4. The third-order valence-corrected chi connectivity index (χ3v) is 2.92. The van der Waals surface area contributed by atoms with E-state index in [0.29, 0.717) is 6.42 Å². The fourth-order valence-corrected chi connectivity index (χ4v) is 1.85. The van der Waals surface area contributed by atoms with Crippen LogP contribution < -0.4 is 10.6 Å². The van der Waals surface area contributed by atoms with Gasteiger partial charge in [-0.2, -0.15) is 0 Å². The Morgan fingerprint density at radius 3 is 2.05 bits per heavy atom. The Morgan fingerprint density at radius 1 is 0.952 bits per heavy atom. The quantitative estimate of drug-likeness (QED) is 0.632. The number of hydrogen-bond donors (Lipinski definition) is 2. The van der Waals surface area contributed by atoms with Crippen LogP contribution in [0.3, 0.4) is 0 Å². The van der Waals surface area contributed by atoms with Crippen molar-refractivity contribution in [2.24, 2.45) is 0 Å². The molecule has 0 saturated heterocycles. The molecule has 2 N–H and O–H groups in total. The van der Waals surface area contributed by atoms with Gasteiger partial charge in [0.25, 0.3) is 0 Å². The minimum absolute atomic E-state index is 0.0286. The van der Waals surface area contributed by atoms with Crippen LogP contribution in [0, 0.1) is 0 Å². The van der Waals surface area contributed by atoms with Gasteiger partial charge >= 0.3 is 0 Å². The normalized spacial score (nSPS) is 11.9. The zero-order chi connectivity index (χ0) is 16.4. The van der Waals surface area contributed by atoms with Crippen LogP contribution in [0.5, 0.6) is 0 Å². The largest absolute Gasteiger partial charge is 0.354 e. The first kappa shape index (κ1) is 19.3. The van der Waals surface area contributed by atoms with Crippen LogP contribution in [-0.2, 0) is 19.2 Å².